The molecular formula is C21H22ClN3O. The highest BCUT2D eigenvalue weighted by molar-refractivity contribution is 6.31. The van der Waals surface area contributed by atoms with E-state index in [2.05, 4.69) is 24.5 Å². The quantitative estimate of drug-likeness (QED) is 0.646. The topological polar surface area (TPSA) is 38.1 Å². The fourth-order valence-electron chi connectivity index (χ4n) is 3.90. The number of anilines is 1. The van der Waals surface area contributed by atoms with Crippen LogP contribution in [0.2, 0.25) is 5.02 Å². The van der Waals surface area contributed by atoms with Crippen LogP contribution in [0.25, 0.3) is 11.0 Å². The van der Waals surface area contributed by atoms with Crippen LogP contribution >= 0.6 is 11.6 Å². The van der Waals surface area contributed by atoms with E-state index in [1.807, 2.05) is 48.2 Å². The Kier molecular flexibility index (Phi) is 4.23. The molecule has 0 radical (unpaired) electrons. The molecule has 134 valence electrons. The Labute approximate surface area is 158 Å². The molecule has 4 nitrogen and oxygen atoms in total. The molecule has 1 amide bonds. The molecular weight excluding hydrogens is 346 g/mol. The van der Waals surface area contributed by atoms with Gasteiger partial charge in [-0.3, -0.25) is 4.79 Å². The number of nitrogens with zero attached hydrogens (tertiary/aromatic N) is 3. The van der Waals surface area contributed by atoms with E-state index < -0.39 is 0 Å². The summed E-state index contributed by atoms with van der Waals surface area (Å²) >= 11 is 6.26. The number of para-hydroxylation sites is 2. The number of amides is 1. The molecule has 0 saturated carbocycles. The lowest BCUT2D eigenvalue weighted by Crippen LogP contribution is -2.25. The maximum Gasteiger partial charge on any atom is 0.227 e. The molecule has 1 aliphatic heterocycles. The Morgan fingerprint density at radius 1 is 1.15 bits per heavy atom. The SMILES string of the molecule is Cc1c(Cl)cccc1N1C[C@@H](c2nc3ccccc3n2C(C)C)CC1=O. The number of halogens is 1. The van der Waals surface area contributed by atoms with E-state index in [1.54, 1.807) is 0 Å². The van der Waals surface area contributed by atoms with Gasteiger partial charge in [-0.15, -0.1) is 0 Å². The van der Waals surface area contributed by atoms with Crippen LogP contribution in [0.5, 0.6) is 0 Å². The van der Waals surface area contributed by atoms with Crippen molar-refractivity contribution < 1.29 is 4.79 Å². The molecule has 0 aliphatic carbocycles. The van der Waals surface area contributed by atoms with Gasteiger partial charge in [0.25, 0.3) is 0 Å². The van der Waals surface area contributed by atoms with Gasteiger partial charge in [0.05, 0.1) is 11.0 Å². The second-order valence-corrected chi connectivity index (χ2v) is 7.62. The molecule has 0 unspecified atom stereocenters. The first-order valence-corrected chi connectivity index (χ1v) is 9.37. The van der Waals surface area contributed by atoms with Gasteiger partial charge in [0.15, 0.2) is 0 Å². The molecule has 4 rings (SSSR count). The maximum absolute atomic E-state index is 12.8. The minimum Gasteiger partial charge on any atom is -0.325 e. The summed E-state index contributed by atoms with van der Waals surface area (Å²) in [5.41, 5.74) is 3.96. The first kappa shape index (κ1) is 17.1. The zero-order valence-electron chi connectivity index (χ0n) is 15.2. The second-order valence-electron chi connectivity index (χ2n) is 7.21. The zero-order chi connectivity index (χ0) is 18.4. The van der Waals surface area contributed by atoms with Crippen molar-refractivity contribution in [3.05, 3.63) is 58.9 Å². The van der Waals surface area contributed by atoms with Crippen molar-refractivity contribution >= 4 is 34.2 Å². The predicted octanol–water partition coefficient (Wildman–Crippen LogP) is 5.10. The van der Waals surface area contributed by atoms with Crippen LogP contribution in [0.3, 0.4) is 0 Å². The van der Waals surface area contributed by atoms with E-state index in [0.717, 1.165) is 28.1 Å². The van der Waals surface area contributed by atoms with Gasteiger partial charge in [-0.25, -0.2) is 4.98 Å². The number of carbonyl (C=O) groups is 1. The maximum atomic E-state index is 12.8. The third-order valence-corrected chi connectivity index (χ3v) is 5.57. The largest absolute Gasteiger partial charge is 0.325 e. The van der Waals surface area contributed by atoms with Crippen molar-refractivity contribution in [1.82, 2.24) is 9.55 Å². The Morgan fingerprint density at radius 2 is 1.92 bits per heavy atom. The zero-order valence-corrected chi connectivity index (χ0v) is 16.0. The van der Waals surface area contributed by atoms with Gasteiger partial charge < -0.3 is 9.47 Å². The minimum absolute atomic E-state index is 0.0793. The third-order valence-electron chi connectivity index (χ3n) is 5.16. The van der Waals surface area contributed by atoms with Crippen molar-refractivity contribution in [3.63, 3.8) is 0 Å². The third kappa shape index (κ3) is 2.69. The summed E-state index contributed by atoms with van der Waals surface area (Å²) in [4.78, 5) is 19.5. The van der Waals surface area contributed by atoms with Crippen LogP contribution < -0.4 is 4.90 Å². The number of benzene rings is 2. The summed E-state index contributed by atoms with van der Waals surface area (Å²) in [6, 6.07) is 14.2. The number of imidazole rings is 1. The minimum atomic E-state index is 0.0793. The van der Waals surface area contributed by atoms with Gasteiger partial charge in [-0.05, 0) is 50.6 Å². The fraction of sp³-hybridized carbons (Fsp3) is 0.333. The lowest BCUT2D eigenvalue weighted by molar-refractivity contribution is -0.117. The van der Waals surface area contributed by atoms with Crippen LogP contribution in [0, 0.1) is 6.92 Å². The molecule has 3 aromatic rings. The van der Waals surface area contributed by atoms with Crippen molar-refractivity contribution in [1.29, 1.82) is 0 Å². The van der Waals surface area contributed by atoms with Crippen LogP contribution in [0.4, 0.5) is 5.69 Å². The van der Waals surface area contributed by atoms with Crippen LogP contribution in [-0.4, -0.2) is 22.0 Å². The Morgan fingerprint density at radius 3 is 2.69 bits per heavy atom. The van der Waals surface area contributed by atoms with Crippen molar-refractivity contribution in [2.24, 2.45) is 0 Å². The average Bonchev–Trinajstić information content (AvgIpc) is 3.18. The lowest BCUT2D eigenvalue weighted by Gasteiger charge is -2.20. The first-order valence-electron chi connectivity index (χ1n) is 8.99. The molecule has 26 heavy (non-hydrogen) atoms. The molecule has 2 heterocycles. The highest BCUT2D eigenvalue weighted by Crippen LogP contribution is 2.36. The summed E-state index contributed by atoms with van der Waals surface area (Å²) < 4.78 is 2.27. The van der Waals surface area contributed by atoms with E-state index in [0.29, 0.717) is 18.0 Å². The summed E-state index contributed by atoms with van der Waals surface area (Å²) in [5, 5.41) is 0.688. The number of rotatable bonds is 3. The summed E-state index contributed by atoms with van der Waals surface area (Å²) in [6.07, 6.45) is 0.474. The van der Waals surface area contributed by atoms with E-state index >= 15 is 0 Å². The van der Waals surface area contributed by atoms with E-state index in [9.17, 15) is 4.79 Å². The fourth-order valence-corrected chi connectivity index (χ4v) is 4.07. The molecule has 1 fully saturated rings. The lowest BCUT2D eigenvalue weighted by atomic mass is 10.1. The molecule has 5 heteroatoms. The Bertz CT molecular complexity index is 992. The highest BCUT2D eigenvalue weighted by Gasteiger charge is 2.35. The highest BCUT2D eigenvalue weighted by atomic mass is 35.5. The van der Waals surface area contributed by atoms with Crippen molar-refractivity contribution in [2.45, 2.75) is 39.2 Å². The van der Waals surface area contributed by atoms with Crippen LogP contribution in [0.1, 0.15) is 43.6 Å². The van der Waals surface area contributed by atoms with Gasteiger partial charge >= 0.3 is 0 Å². The van der Waals surface area contributed by atoms with Gasteiger partial charge in [-0.2, -0.15) is 0 Å². The Hall–Kier alpha value is -2.33. The number of carbonyl (C=O) groups excluding carboxylic acids is 1. The predicted molar refractivity (Wildman–Crippen MR) is 106 cm³/mol. The second kappa shape index (κ2) is 6.44. The number of hydrogen-bond donors (Lipinski definition) is 0. The van der Waals surface area contributed by atoms with Gasteiger partial charge in [0.2, 0.25) is 5.91 Å². The number of aromatic nitrogens is 2. The van der Waals surface area contributed by atoms with Crippen molar-refractivity contribution in [3.8, 4) is 0 Å². The smallest absolute Gasteiger partial charge is 0.227 e. The molecule has 2 aromatic carbocycles. The van der Waals surface area contributed by atoms with Crippen LogP contribution in [0.15, 0.2) is 42.5 Å². The number of hydrogen-bond acceptors (Lipinski definition) is 2. The molecule has 1 atom stereocenters. The van der Waals surface area contributed by atoms with Gasteiger partial charge in [-0.1, -0.05) is 29.8 Å². The summed E-state index contributed by atoms with van der Waals surface area (Å²) in [5.74, 6) is 1.20. The van der Waals surface area contributed by atoms with E-state index in [4.69, 9.17) is 16.6 Å². The van der Waals surface area contributed by atoms with Gasteiger partial charge in [0, 0.05) is 35.6 Å². The average molecular weight is 368 g/mol. The van der Waals surface area contributed by atoms with Gasteiger partial charge in [0.1, 0.15) is 5.82 Å². The molecule has 0 spiro atoms. The van der Waals surface area contributed by atoms with Crippen LogP contribution in [-0.2, 0) is 4.79 Å². The molecule has 0 bridgehead atoms. The molecule has 1 saturated heterocycles. The summed E-state index contributed by atoms with van der Waals surface area (Å²) in [7, 11) is 0. The van der Waals surface area contributed by atoms with E-state index in [-0.39, 0.29) is 17.9 Å². The number of fused-ring (bicyclic) bond motifs is 1. The monoisotopic (exact) mass is 367 g/mol. The summed E-state index contributed by atoms with van der Waals surface area (Å²) in [6.45, 7) is 6.91. The van der Waals surface area contributed by atoms with E-state index in [1.165, 1.54) is 0 Å². The molecule has 0 N–H and O–H groups in total. The molecule has 1 aromatic heterocycles. The molecule has 1 aliphatic rings. The first-order chi connectivity index (χ1) is 12.5. The Balaban J connectivity index is 1.75. The normalized spacial score (nSPS) is 17.7. The standard InChI is InChI=1S/C21H22ClN3O/c1-13(2)25-19-9-5-4-8-17(19)23-21(25)15-11-20(26)24(12-15)18-10-6-7-16(22)14(18)3/h4-10,13,15H,11-12H2,1-3H3/t15-/m0/s1. The van der Waals surface area contributed by atoms with Crippen molar-refractivity contribution in [2.75, 3.05) is 11.4 Å².